The first kappa shape index (κ1) is 8.06. The predicted octanol–water partition coefficient (Wildman–Crippen LogP) is 2.16. The number of rotatable bonds is 2. The van der Waals surface area contributed by atoms with Crippen molar-refractivity contribution in [2.24, 2.45) is 17.6 Å². The molecule has 1 rings (SSSR count). The molecular weight excluding hydrogens is 122 g/mol. The van der Waals surface area contributed by atoms with Gasteiger partial charge in [-0.25, -0.2) is 0 Å². The topological polar surface area (TPSA) is 26.0 Å². The first-order chi connectivity index (χ1) is 4.84. The molecule has 1 aliphatic carbocycles. The van der Waals surface area contributed by atoms with Crippen molar-refractivity contribution in [3.05, 3.63) is 0 Å². The van der Waals surface area contributed by atoms with Crippen LogP contribution in [0, 0.1) is 11.8 Å². The Labute approximate surface area is 64.0 Å². The van der Waals surface area contributed by atoms with Gasteiger partial charge >= 0.3 is 0 Å². The highest BCUT2D eigenvalue weighted by molar-refractivity contribution is 4.71. The van der Waals surface area contributed by atoms with Gasteiger partial charge in [-0.1, -0.05) is 39.0 Å². The average molecular weight is 141 g/mol. The van der Waals surface area contributed by atoms with Gasteiger partial charge in [0.15, 0.2) is 0 Å². The fourth-order valence-corrected chi connectivity index (χ4v) is 1.90. The monoisotopic (exact) mass is 141 g/mol. The molecule has 0 heterocycles. The van der Waals surface area contributed by atoms with E-state index >= 15 is 0 Å². The van der Waals surface area contributed by atoms with E-state index in [4.69, 9.17) is 5.73 Å². The molecule has 10 heavy (non-hydrogen) atoms. The van der Waals surface area contributed by atoms with Crippen LogP contribution in [0.2, 0.25) is 0 Å². The fourth-order valence-electron chi connectivity index (χ4n) is 1.90. The lowest BCUT2D eigenvalue weighted by Crippen LogP contribution is -2.22. The van der Waals surface area contributed by atoms with E-state index in [1.807, 2.05) is 0 Å². The summed E-state index contributed by atoms with van der Waals surface area (Å²) >= 11 is 0. The number of hydrogen-bond acceptors (Lipinski definition) is 1. The van der Waals surface area contributed by atoms with Crippen LogP contribution in [0.4, 0.5) is 0 Å². The van der Waals surface area contributed by atoms with Gasteiger partial charge in [0.05, 0.1) is 0 Å². The van der Waals surface area contributed by atoms with Crippen LogP contribution >= 0.6 is 0 Å². The molecule has 0 aromatic carbocycles. The van der Waals surface area contributed by atoms with Gasteiger partial charge in [0.2, 0.25) is 0 Å². The van der Waals surface area contributed by atoms with Gasteiger partial charge in [0, 0.05) is 0 Å². The van der Waals surface area contributed by atoms with Crippen LogP contribution in [0.1, 0.15) is 39.0 Å². The van der Waals surface area contributed by atoms with Crippen molar-refractivity contribution in [3.63, 3.8) is 0 Å². The van der Waals surface area contributed by atoms with E-state index < -0.39 is 0 Å². The Morgan fingerprint density at radius 2 is 1.90 bits per heavy atom. The summed E-state index contributed by atoms with van der Waals surface area (Å²) in [5, 5.41) is 0. The van der Waals surface area contributed by atoms with Crippen LogP contribution in [-0.4, -0.2) is 6.54 Å². The molecule has 1 aliphatic rings. The Balaban J connectivity index is 2.24. The molecule has 0 bridgehead atoms. The van der Waals surface area contributed by atoms with E-state index in [0.717, 1.165) is 18.4 Å². The zero-order chi connectivity index (χ0) is 7.40. The van der Waals surface area contributed by atoms with Crippen molar-refractivity contribution in [1.82, 2.24) is 0 Å². The van der Waals surface area contributed by atoms with Gasteiger partial charge in [-0.05, 0) is 18.4 Å². The molecule has 1 fully saturated rings. The van der Waals surface area contributed by atoms with Gasteiger partial charge in [0.25, 0.3) is 0 Å². The van der Waals surface area contributed by atoms with Gasteiger partial charge in [-0.15, -0.1) is 0 Å². The minimum Gasteiger partial charge on any atom is -0.330 e. The molecule has 0 radical (unpaired) electrons. The third-order valence-electron chi connectivity index (χ3n) is 2.83. The van der Waals surface area contributed by atoms with Gasteiger partial charge in [0.1, 0.15) is 0 Å². The minimum atomic E-state index is 0.764. The maximum Gasteiger partial charge on any atom is -0.00489 e. The molecule has 1 heteroatoms. The summed E-state index contributed by atoms with van der Waals surface area (Å²) in [5.74, 6) is 1.71. The standard InChI is InChI=1S/C9H19N/c1-8(7-10)9-5-3-2-4-6-9/h8-9H,2-7,10H2,1H3. The van der Waals surface area contributed by atoms with Crippen molar-refractivity contribution in [1.29, 1.82) is 0 Å². The van der Waals surface area contributed by atoms with Crippen molar-refractivity contribution in [2.75, 3.05) is 6.54 Å². The van der Waals surface area contributed by atoms with Gasteiger partial charge in [-0.2, -0.15) is 0 Å². The van der Waals surface area contributed by atoms with Crippen LogP contribution in [-0.2, 0) is 0 Å². The van der Waals surface area contributed by atoms with Crippen LogP contribution in [0.3, 0.4) is 0 Å². The quantitative estimate of drug-likeness (QED) is 0.626. The predicted molar refractivity (Wildman–Crippen MR) is 44.8 cm³/mol. The second-order valence-corrected chi connectivity index (χ2v) is 3.61. The van der Waals surface area contributed by atoms with Gasteiger partial charge in [-0.3, -0.25) is 0 Å². The Kier molecular flexibility index (Phi) is 3.20. The van der Waals surface area contributed by atoms with E-state index in [9.17, 15) is 0 Å². The summed E-state index contributed by atoms with van der Waals surface area (Å²) in [6.45, 7) is 3.17. The average Bonchev–Trinajstić information content (AvgIpc) is 2.05. The number of hydrogen-bond donors (Lipinski definition) is 1. The van der Waals surface area contributed by atoms with E-state index in [0.29, 0.717) is 0 Å². The molecular formula is C9H19N. The van der Waals surface area contributed by atoms with Crippen molar-refractivity contribution in [3.8, 4) is 0 Å². The van der Waals surface area contributed by atoms with E-state index in [1.54, 1.807) is 0 Å². The Bertz CT molecular complexity index is 84.7. The highest BCUT2D eigenvalue weighted by Crippen LogP contribution is 2.28. The molecule has 1 unspecified atom stereocenters. The summed E-state index contributed by atoms with van der Waals surface area (Å²) in [7, 11) is 0. The Hall–Kier alpha value is -0.0400. The molecule has 0 spiro atoms. The SMILES string of the molecule is CC(CN)C1CCCCC1. The van der Waals surface area contributed by atoms with Crippen LogP contribution in [0.5, 0.6) is 0 Å². The second kappa shape index (κ2) is 3.97. The van der Waals surface area contributed by atoms with Crippen LogP contribution in [0.25, 0.3) is 0 Å². The Morgan fingerprint density at radius 1 is 1.30 bits per heavy atom. The molecule has 0 saturated heterocycles. The zero-order valence-electron chi connectivity index (χ0n) is 6.97. The summed E-state index contributed by atoms with van der Waals surface area (Å²) in [5.41, 5.74) is 5.60. The molecule has 0 aromatic rings. The van der Waals surface area contributed by atoms with Crippen LogP contribution in [0.15, 0.2) is 0 Å². The van der Waals surface area contributed by atoms with Crippen LogP contribution < -0.4 is 5.73 Å². The normalized spacial score (nSPS) is 24.6. The maximum atomic E-state index is 5.60. The van der Waals surface area contributed by atoms with E-state index in [1.165, 1.54) is 32.1 Å². The third kappa shape index (κ3) is 1.98. The molecule has 2 N–H and O–H groups in total. The van der Waals surface area contributed by atoms with Gasteiger partial charge < -0.3 is 5.73 Å². The summed E-state index contributed by atoms with van der Waals surface area (Å²) in [4.78, 5) is 0. The van der Waals surface area contributed by atoms with Crippen molar-refractivity contribution >= 4 is 0 Å². The Morgan fingerprint density at radius 3 is 2.40 bits per heavy atom. The highest BCUT2D eigenvalue weighted by atomic mass is 14.5. The molecule has 0 amide bonds. The largest absolute Gasteiger partial charge is 0.330 e. The molecule has 0 aromatic heterocycles. The second-order valence-electron chi connectivity index (χ2n) is 3.61. The molecule has 1 nitrogen and oxygen atoms in total. The summed E-state index contributed by atoms with van der Waals surface area (Å²) in [6.07, 6.45) is 7.19. The highest BCUT2D eigenvalue weighted by Gasteiger charge is 2.18. The van der Waals surface area contributed by atoms with E-state index in [-0.39, 0.29) is 0 Å². The first-order valence-corrected chi connectivity index (χ1v) is 4.54. The summed E-state index contributed by atoms with van der Waals surface area (Å²) < 4.78 is 0. The minimum absolute atomic E-state index is 0.764. The molecule has 0 aliphatic heterocycles. The smallest absolute Gasteiger partial charge is 0.00489 e. The van der Waals surface area contributed by atoms with Crippen molar-refractivity contribution < 1.29 is 0 Å². The molecule has 1 saturated carbocycles. The lowest BCUT2D eigenvalue weighted by atomic mass is 9.81. The van der Waals surface area contributed by atoms with E-state index in [2.05, 4.69) is 6.92 Å². The third-order valence-corrected chi connectivity index (χ3v) is 2.83. The molecule has 60 valence electrons. The lowest BCUT2D eigenvalue weighted by Gasteiger charge is -2.26. The summed E-state index contributed by atoms with van der Waals surface area (Å²) in [6, 6.07) is 0. The molecule has 1 atom stereocenters. The van der Waals surface area contributed by atoms with Crippen molar-refractivity contribution in [2.45, 2.75) is 39.0 Å². The lowest BCUT2D eigenvalue weighted by molar-refractivity contribution is 0.269. The fraction of sp³-hybridized carbons (Fsp3) is 1.00. The maximum absolute atomic E-state index is 5.60. The first-order valence-electron chi connectivity index (χ1n) is 4.54. The number of nitrogens with two attached hydrogens (primary N) is 1. The zero-order valence-corrected chi connectivity index (χ0v) is 6.97.